The van der Waals surface area contributed by atoms with E-state index >= 15 is 0 Å². The van der Waals surface area contributed by atoms with Gasteiger partial charge in [-0.2, -0.15) is 0 Å². The van der Waals surface area contributed by atoms with Crippen molar-refractivity contribution in [1.29, 1.82) is 0 Å². The van der Waals surface area contributed by atoms with Gasteiger partial charge >= 0.3 is 0 Å². The number of imidazole rings is 1. The number of hydrogen-bond donors (Lipinski definition) is 2. The minimum atomic E-state index is 0.0775. The van der Waals surface area contributed by atoms with Crippen LogP contribution in [0.25, 0.3) is 11.2 Å². The van der Waals surface area contributed by atoms with Crippen LogP contribution in [0.2, 0.25) is 0 Å². The molecule has 8 heteroatoms. The molecule has 0 aliphatic carbocycles. The molecule has 1 atom stereocenters. The molecule has 4 heterocycles. The van der Waals surface area contributed by atoms with Crippen LogP contribution in [0, 0.1) is 0 Å². The van der Waals surface area contributed by atoms with Gasteiger partial charge in [0.15, 0.2) is 5.65 Å². The van der Waals surface area contributed by atoms with Crippen molar-refractivity contribution in [3.8, 4) is 5.88 Å². The number of anilines is 2. The summed E-state index contributed by atoms with van der Waals surface area (Å²) >= 11 is 0. The number of fused-ring (bicyclic) bond motifs is 1. The summed E-state index contributed by atoms with van der Waals surface area (Å²) in [4.78, 5) is 13.3. The molecular weight excluding hydrogens is 318 g/mol. The standard InChI is InChI=1S/C17H17N7O/c1-11(12-4-3-7-18-9-12)24-10-19-13-5-6-14(21-17(13)24)20-15-8-16(25-2)23-22-15/h3-11H,1-2H3,(H2,20,21,22,23)/t11-/m0/s1. The Bertz CT molecular complexity index is 993. The van der Waals surface area contributed by atoms with E-state index in [4.69, 9.17) is 9.72 Å². The van der Waals surface area contributed by atoms with E-state index in [2.05, 4.69) is 32.4 Å². The van der Waals surface area contributed by atoms with Crippen LogP contribution in [0.3, 0.4) is 0 Å². The lowest BCUT2D eigenvalue weighted by Crippen LogP contribution is -2.07. The number of aromatic nitrogens is 6. The van der Waals surface area contributed by atoms with Crippen LogP contribution in [-0.4, -0.2) is 36.8 Å². The van der Waals surface area contributed by atoms with Gasteiger partial charge in [-0.05, 0) is 30.7 Å². The quantitative estimate of drug-likeness (QED) is 0.582. The van der Waals surface area contributed by atoms with Gasteiger partial charge in [0, 0.05) is 18.5 Å². The topological polar surface area (TPSA) is 93.5 Å². The number of hydrogen-bond acceptors (Lipinski definition) is 6. The molecule has 0 amide bonds. The van der Waals surface area contributed by atoms with E-state index in [0.29, 0.717) is 17.5 Å². The summed E-state index contributed by atoms with van der Waals surface area (Å²) in [6, 6.07) is 9.63. The first-order valence-corrected chi connectivity index (χ1v) is 7.84. The van der Waals surface area contributed by atoms with E-state index in [1.807, 2.05) is 35.0 Å². The van der Waals surface area contributed by atoms with Gasteiger partial charge < -0.3 is 14.6 Å². The lowest BCUT2D eigenvalue weighted by molar-refractivity contribution is 0.397. The third-order valence-electron chi connectivity index (χ3n) is 4.03. The van der Waals surface area contributed by atoms with E-state index in [0.717, 1.165) is 16.7 Å². The third kappa shape index (κ3) is 2.89. The molecule has 0 spiro atoms. The fraction of sp³-hybridized carbons (Fsp3) is 0.176. The second-order valence-corrected chi connectivity index (χ2v) is 5.60. The zero-order valence-electron chi connectivity index (χ0n) is 13.8. The molecule has 0 unspecified atom stereocenters. The van der Waals surface area contributed by atoms with Crippen LogP contribution in [0.15, 0.2) is 49.1 Å². The molecule has 8 nitrogen and oxygen atoms in total. The Morgan fingerprint density at radius 3 is 2.96 bits per heavy atom. The van der Waals surface area contributed by atoms with E-state index < -0.39 is 0 Å². The van der Waals surface area contributed by atoms with Gasteiger partial charge in [-0.1, -0.05) is 6.07 Å². The lowest BCUT2D eigenvalue weighted by Gasteiger charge is -2.14. The molecule has 4 rings (SSSR count). The molecule has 0 aromatic carbocycles. The highest BCUT2D eigenvalue weighted by molar-refractivity contribution is 5.74. The molecule has 0 saturated carbocycles. The van der Waals surface area contributed by atoms with E-state index in [9.17, 15) is 0 Å². The van der Waals surface area contributed by atoms with Crippen molar-refractivity contribution < 1.29 is 4.74 Å². The van der Waals surface area contributed by atoms with Crippen molar-refractivity contribution in [2.75, 3.05) is 12.4 Å². The highest BCUT2D eigenvalue weighted by Crippen LogP contribution is 2.24. The van der Waals surface area contributed by atoms with E-state index in [-0.39, 0.29) is 6.04 Å². The average Bonchev–Trinajstić information content (AvgIpc) is 3.28. The van der Waals surface area contributed by atoms with Crippen molar-refractivity contribution in [2.45, 2.75) is 13.0 Å². The molecule has 4 aromatic rings. The number of rotatable bonds is 5. The first-order chi connectivity index (χ1) is 12.2. The summed E-state index contributed by atoms with van der Waals surface area (Å²) in [5.41, 5.74) is 2.73. The molecule has 0 bridgehead atoms. The zero-order valence-corrected chi connectivity index (χ0v) is 13.8. The predicted molar refractivity (Wildman–Crippen MR) is 94.0 cm³/mol. The summed E-state index contributed by atoms with van der Waals surface area (Å²) < 4.78 is 7.10. The van der Waals surface area contributed by atoms with Crippen LogP contribution in [0.1, 0.15) is 18.5 Å². The molecule has 0 saturated heterocycles. The van der Waals surface area contributed by atoms with Crippen LogP contribution >= 0.6 is 0 Å². The fourth-order valence-corrected chi connectivity index (χ4v) is 2.66. The van der Waals surface area contributed by atoms with Crippen LogP contribution in [0.4, 0.5) is 11.6 Å². The Labute approximate surface area is 143 Å². The van der Waals surface area contributed by atoms with Crippen molar-refractivity contribution in [1.82, 2.24) is 29.7 Å². The van der Waals surface area contributed by atoms with E-state index in [1.165, 1.54) is 0 Å². The van der Waals surface area contributed by atoms with Gasteiger partial charge in [0.1, 0.15) is 17.2 Å². The minimum Gasteiger partial charge on any atom is -0.480 e. The summed E-state index contributed by atoms with van der Waals surface area (Å²) in [7, 11) is 1.57. The molecule has 126 valence electrons. The molecule has 25 heavy (non-hydrogen) atoms. The largest absolute Gasteiger partial charge is 0.480 e. The number of aromatic amines is 1. The Morgan fingerprint density at radius 1 is 1.28 bits per heavy atom. The maximum Gasteiger partial charge on any atom is 0.234 e. The number of ether oxygens (including phenoxy) is 1. The summed E-state index contributed by atoms with van der Waals surface area (Å²) in [5.74, 6) is 1.91. The van der Waals surface area contributed by atoms with Crippen molar-refractivity contribution in [3.63, 3.8) is 0 Å². The first-order valence-electron chi connectivity index (χ1n) is 7.84. The monoisotopic (exact) mass is 335 g/mol. The maximum atomic E-state index is 5.07. The molecule has 2 N–H and O–H groups in total. The van der Waals surface area contributed by atoms with Crippen LogP contribution in [-0.2, 0) is 0 Å². The van der Waals surface area contributed by atoms with Gasteiger partial charge in [0.25, 0.3) is 0 Å². The normalized spacial score (nSPS) is 12.2. The minimum absolute atomic E-state index is 0.0775. The number of H-pyrrole nitrogens is 1. The highest BCUT2D eigenvalue weighted by Gasteiger charge is 2.13. The average molecular weight is 335 g/mol. The lowest BCUT2D eigenvalue weighted by atomic mass is 10.1. The van der Waals surface area contributed by atoms with E-state index in [1.54, 1.807) is 25.7 Å². The Morgan fingerprint density at radius 2 is 2.20 bits per heavy atom. The summed E-state index contributed by atoms with van der Waals surface area (Å²) in [6.07, 6.45) is 5.43. The van der Waals surface area contributed by atoms with Gasteiger partial charge in [0.05, 0.1) is 19.5 Å². The van der Waals surface area contributed by atoms with Gasteiger partial charge in [-0.25, -0.2) is 9.97 Å². The molecular formula is C17H17N7O. The number of methoxy groups -OCH3 is 1. The molecule has 0 aliphatic rings. The smallest absolute Gasteiger partial charge is 0.234 e. The van der Waals surface area contributed by atoms with Gasteiger partial charge in [-0.3, -0.25) is 10.1 Å². The Kier molecular flexibility index (Phi) is 3.77. The molecule has 0 fully saturated rings. The number of nitrogens with one attached hydrogen (secondary N) is 2. The second-order valence-electron chi connectivity index (χ2n) is 5.60. The van der Waals surface area contributed by atoms with Crippen molar-refractivity contribution in [3.05, 3.63) is 54.6 Å². The number of pyridine rings is 2. The molecule has 0 radical (unpaired) electrons. The molecule has 4 aromatic heterocycles. The highest BCUT2D eigenvalue weighted by atomic mass is 16.5. The molecule has 0 aliphatic heterocycles. The SMILES string of the molecule is COc1cc(Nc2ccc3ncn([C@@H](C)c4cccnc4)c3n2)[nH]n1. The maximum absolute atomic E-state index is 5.07. The predicted octanol–water partition coefficient (Wildman–Crippen LogP) is 2.91. The van der Waals surface area contributed by atoms with Gasteiger partial charge in [0.2, 0.25) is 5.88 Å². The Hall–Kier alpha value is -3.42. The van der Waals surface area contributed by atoms with Crippen LogP contribution in [0.5, 0.6) is 5.88 Å². The van der Waals surface area contributed by atoms with Crippen molar-refractivity contribution in [2.24, 2.45) is 0 Å². The first kappa shape index (κ1) is 15.1. The zero-order chi connectivity index (χ0) is 17.2. The third-order valence-corrected chi connectivity index (χ3v) is 4.03. The Balaban J connectivity index is 1.67. The summed E-state index contributed by atoms with van der Waals surface area (Å²) in [6.45, 7) is 2.10. The van der Waals surface area contributed by atoms with Gasteiger partial charge in [-0.15, -0.1) is 5.10 Å². The van der Waals surface area contributed by atoms with Crippen LogP contribution < -0.4 is 10.1 Å². The second kappa shape index (κ2) is 6.23. The number of nitrogens with zero attached hydrogens (tertiary/aromatic N) is 5. The van der Waals surface area contributed by atoms with Crippen molar-refractivity contribution >= 4 is 22.8 Å². The fourth-order valence-electron chi connectivity index (χ4n) is 2.66. The summed E-state index contributed by atoms with van der Waals surface area (Å²) in [5, 5.41) is 10.0.